The molecule has 0 heterocycles. The highest BCUT2D eigenvalue weighted by Crippen LogP contribution is 2.22. The van der Waals surface area contributed by atoms with Gasteiger partial charge in [0.25, 0.3) is 0 Å². The maximum Gasteiger partial charge on any atom is 0.183 e. The highest BCUT2D eigenvalue weighted by Gasteiger charge is 2.17. The van der Waals surface area contributed by atoms with Crippen molar-refractivity contribution in [2.24, 2.45) is 0 Å². The zero-order valence-electron chi connectivity index (χ0n) is 11.0. The molecular formula is C15H12ClNO3S. The Labute approximate surface area is 128 Å². The average molecular weight is 322 g/mol. The van der Waals surface area contributed by atoms with Gasteiger partial charge in [0, 0.05) is 0 Å². The number of nitriles is 1. The second-order valence-electron chi connectivity index (χ2n) is 4.24. The Kier molecular flexibility index (Phi) is 4.84. The van der Waals surface area contributed by atoms with Crippen molar-refractivity contribution in [2.75, 3.05) is 12.4 Å². The van der Waals surface area contributed by atoms with Gasteiger partial charge in [-0.1, -0.05) is 29.8 Å². The summed E-state index contributed by atoms with van der Waals surface area (Å²) in [6.45, 7) is -0.0115. The van der Waals surface area contributed by atoms with Crippen LogP contribution in [0.1, 0.15) is 5.56 Å². The van der Waals surface area contributed by atoms with E-state index in [0.29, 0.717) is 11.3 Å². The molecule has 2 rings (SSSR count). The van der Waals surface area contributed by atoms with Gasteiger partial charge in [-0.3, -0.25) is 0 Å². The fraction of sp³-hybridized carbons (Fsp3) is 0.133. The van der Waals surface area contributed by atoms with Crippen molar-refractivity contribution in [3.8, 4) is 11.8 Å². The van der Waals surface area contributed by atoms with E-state index in [4.69, 9.17) is 21.6 Å². The van der Waals surface area contributed by atoms with E-state index in [2.05, 4.69) is 0 Å². The molecule has 6 heteroatoms. The number of rotatable bonds is 5. The molecule has 4 nitrogen and oxygen atoms in total. The highest BCUT2D eigenvalue weighted by atomic mass is 35.5. The van der Waals surface area contributed by atoms with Crippen LogP contribution in [0, 0.1) is 11.3 Å². The number of nitrogens with zero attached hydrogens (tertiary/aromatic N) is 1. The maximum atomic E-state index is 12.1. The molecule has 0 aromatic heterocycles. The Balaban J connectivity index is 2.03. The summed E-state index contributed by atoms with van der Waals surface area (Å²) in [4.78, 5) is 0.0982. The topological polar surface area (TPSA) is 67.2 Å². The first-order chi connectivity index (χ1) is 10.0. The molecule has 2 aromatic carbocycles. The molecule has 0 aliphatic rings. The Morgan fingerprint density at radius 2 is 1.90 bits per heavy atom. The largest absolute Gasteiger partial charge is 0.492 e. The molecule has 0 amide bonds. The third-order valence-corrected chi connectivity index (χ3v) is 4.93. The number of sulfone groups is 1. The molecular weight excluding hydrogens is 310 g/mol. The molecule has 0 fully saturated rings. The van der Waals surface area contributed by atoms with Crippen molar-refractivity contribution in [1.29, 1.82) is 5.26 Å². The van der Waals surface area contributed by atoms with Gasteiger partial charge in [-0.25, -0.2) is 8.42 Å². The number of hydrogen-bond donors (Lipinski definition) is 0. The summed E-state index contributed by atoms with van der Waals surface area (Å²) in [6.07, 6.45) is 0. The van der Waals surface area contributed by atoms with Crippen LogP contribution in [0.4, 0.5) is 0 Å². The molecule has 0 saturated heterocycles. The number of ether oxygens (including phenoxy) is 1. The molecule has 0 saturated carbocycles. The van der Waals surface area contributed by atoms with Gasteiger partial charge >= 0.3 is 0 Å². The van der Waals surface area contributed by atoms with Crippen LogP contribution in [0.25, 0.3) is 0 Å². The van der Waals surface area contributed by atoms with Crippen molar-refractivity contribution in [2.45, 2.75) is 4.90 Å². The van der Waals surface area contributed by atoms with Crippen LogP contribution in [-0.2, 0) is 9.84 Å². The van der Waals surface area contributed by atoms with Gasteiger partial charge in [0.1, 0.15) is 12.4 Å². The first-order valence-electron chi connectivity index (χ1n) is 6.13. The molecule has 108 valence electrons. The number of benzene rings is 2. The van der Waals surface area contributed by atoms with E-state index in [1.807, 2.05) is 6.07 Å². The van der Waals surface area contributed by atoms with Gasteiger partial charge in [0.2, 0.25) is 0 Å². The van der Waals surface area contributed by atoms with Gasteiger partial charge < -0.3 is 4.74 Å². The highest BCUT2D eigenvalue weighted by molar-refractivity contribution is 7.91. The van der Waals surface area contributed by atoms with E-state index < -0.39 is 9.84 Å². The maximum absolute atomic E-state index is 12.1. The standard InChI is InChI=1S/C15H12ClNO3S/c16-14-6-1-2-7-15(14)21(18,19)9-8-20-13-5-3-4-12(10-13)11-17/h1-7,10H,8-9H2. The molecule has 2 aromatic rings. The van der Waals surface area contributed by atoms with Crippen molar-refractivity contribution < 1.29 is 13.2 Å². The lowest BCUT2D eigenvalue weighted by molar-refractivity contribution is 0.341. The minimum atomic E-state index is -3.50. The minimum Gasteiger partial charge on any atom is -0.492 e. The average Bonchev–Trinajstić information content (AvgIpc) is 2.47. The first-order valence-corrected chi connectivity index (χ1v) is 8.16. The fourth-order valence-electron chi connectivity index (χ4n) is 1.73. The molecule has 0 radical (unpaired) electrons. The van der Waals surface area contributed by atoms with Crippen molar-refractivity contribution in [3.63, 3.8) is 0 Å². The summed E-state index contributed by atoms with van der Waals surface area (Å²) in [5, 5.41) is 8.98. The molecule has 21 heavy (non-hydrogen) atoms. The summed E-state index contributed by atoms with van der Waals surface area (Å²) < 4.78 is 29.7. The summed E-state index contributed by atoms with van der Waals surface area (Å²) in [5.74, 6) is 0.274. The minimum absolute atomic E-state index is 0.0115. The SMILES string of the molecule is N#Cc1cccc(OCCS(=O)(=O)c2ccccc2Cl)c1. The van der Waals surface area contributed by atoms with E-state index in [9.17, 15) is 8.42 Å². The second kappa shape index (κ2) is 6.61. The zero-order chi connectivity index (χ0) is 15.3. The van der Waals surface area contributed by atoms with Crippen molar-refractivity contribution in [1.82, 2.24) is 0 Å². The number of hydrogen-bond acceptors (Lipinski definition) is 4. The van der Waals surface area contributed by atoms with E-state index in [0.717, 1.165) is 0 Å². The smallest absolute Gasteiger partial charge is 0.183 e. The third kappa shape index (κ3) is 3.97. The van der Waals surface area contributed by atoms with E-state index in [-0.39, 0.29) is 22.3 Å². The Bertz CT molecular complexity index is 782. The van der Waals surface area contributed by atoms with Crippen molar-refractivity contribution >= 4 is 21.4 Å². The lowest BCUT2D eigenvalue weighted by Crippen LogP contribution is -2.14. The molecule has 0 spiro atoms. The van der Waals surface area contributed by atoms with E-state index in [1.54, 1.807) is 36.4 Å². The fourth-order valence-corrected chi connectivity index (χ4v) is 3.39. The molecule has 0 aliphatic carbocycles. The van der Waals surface area contributed by atoms with Crippen LogP contribution in [-0.4, -0.2) is 20.8 Å². The molecule has 0 aliphatic heterocycles. The van der Waals surface area contributed by atoms with Gasteiger partial charge in [0.15, 0.2) is 9.84 Å². The van der Waals surface area contributed by atoms with E-state index in [1.165, 1.54) is 12.1 Å². The van der Waals surface area contributed by atoms with Gasteiger partial charge in [0.05, 0.1) is 27.3 Å². The van der Waals surface area contributed by atoms with Gasteiger partial charge in [-0.2, -0.15) is 5.26 Å². The zero-order valence-corrected chi connectivity index (χ0v) is 12.6. The number of halogens is 1. The Morgan fingerprint density at radius 3 is 2.62 bits per heavy atom. The monoisotopic (exact) mass is 321 g/mol. The summed E-state index contributed by atoms with van der Waals surface area (Å²) in [6, 6.07) is 14.8. The summed E-state index contributed by atoms with van der Waals surface area (Å²) >= 11 is 5.89. The van der Waals surface area contributed by atoms with Crippen molar-refractivity contribution in [3.05, 3.63) is 59.1 Å². The van der Waals surface area contributed by atoms with Crippen LogP contribution in [0.2, 0.25) is 5.02 Å². The van der Waals surface area contributed by atoms with Crippen LogP contribution >= 0.6 is 11.6 Å². The Morgan fingerprint density at radius 1 is 1.14 bits per heavy atom. The van der Waals surface area contributed by atoms with Gasteiger partial charge in [-0.05, 0) is 30.3 Å². The first kappa shape index (κ1) is 15.4. The quantitative estimate of drug-likeness (QED) is 0.848. The lowest BCUT2D eigenvalue weighted by atomic mass is 10.2. The van der Waals surface area contributed by atoms with E-state index >= 15 is 0 Å². The molecule has 0 bridgehead atoms. The molecule has 0 N–H and O–H groups in total. The van der Waals surface area contributed by atoms with Crippen LogP contribution < -0.4 is 4.74 Å². The molecule has 0 unspecified atom stereocenters. The summed E-state index contributed by atoms with van der Waals surface area (Å²) in [5.41, 5.74) is 0.460. The normalized spacial score (nSPS) is 10.9. The van der Waals surface area contributed by atoms with Crippen LogP contribution in [0.5, 0.6) is 5.75 Å². The predicted molar refractivity (Wildman–Crippen MR) is 80.2 cm³/mol. The van der Waals surface area contributed by atoms with Crippen LogP contribution in [0.15, 0.2) is 53.4 Å². The Hall–Kier alpha value is -2.03. The second-order valence-corrected chi connectivity index (χ2v) is 6.72. The third-order valence-electron chi connectivity index (χ3n) is 2.76. The van der Waals surface area contributed by atoms with Crippen LogP contribution in [0.3, 0.4) is 0 Å². The predicted octanol–water partition coefficient (Wildman–Crippen LogP) is 3.06. The van der Waals surface area contributed by atoms with Gasteiger partial charge in [-0.15, -0.1) is 0 Å². The summed E-state index contributed by atoms with van der Waals surface area (Å²) in [7, 11) is -3.50. The lowest BCUT2D eigenvalue weighted by Gasteiger charge is -2.08. The molecule has 0 atom stereocenters.